The van der Waals surface area contributed by atoms with Crippen LogP contribution in [0.3, 0.4) is 0 Å². The molecule has 2 aromatic rings. The zero-order valence-corrected chi connectivity index (χ0v) is 12.7. The van der Waals surface area contributed by atoms with Crippen molar-refractivity contribution in [1.82, 2.24) is 4.90 Å². The van der Waals surface area contributed by atoms with Crippen molar-refractivity contribution in [1.29, 1.82) is 5.26 Å². The van der Waals surface area contributed by atoms with Crippen LogP contribution in [0.2, 0.25) is 0 Å². The molecule has 1 amide bonds. The number of nitrogens with zero attached hydrogens (tertiary/aromatic N) is 2. The van der Waals surface area contributed by atoms with Crippen molar-refractivity contribution in [3.63, 3.8) is 0 Å². The molecule has 0 bridgehead atoms. The van der Waals surface area contributed by atoms with Gasteiger partial charge in [0.1, 0.15) is 5.82 Å². The van der Waals surface area contributed by atoms with Crippen LogP contribution >= 0.6 is 0 Å². The maximum atomic E-state index is 13.4. The van der Waals surface area contributed by atoms with Gasteiger partial charge in [-0.2, -0.15) is 5.26 Å². The van der Waals surface area contributed by atoms with E-state index in [0.717, 1.165) is 24.0 Å². The Morgan fingerprint density at radius 2 is 1.91 bits per heavy atom. The topological polar surface area (TPSA) is 44.1 Å². The highest BCUT2D eigenvalue weighted by Gasteiger charge is 2.24. The molecule has 0 radical (unpaired) electrons. The van der Waals surface area contributed by atoms with Crippen molar-refractivity contribution in [2.75, 3.05) is 13.1 Å². The Kier molecular flexibility index (Phi) is 4.38. The van der Waals surface area contributed by atoms with E-state index >= 15 is 0 Å². The lowest BCUT2D eigenvalue weighted by molar-refractivity contribution is 0.0699. The molecule has 1 saturated heterocycles. The third kappa shape index (κ3) is 3.40. The first kappa shape index (κ1) is 15.2. The minimum absolute atomic E-state index is 0.0665. The highest BCUT2D eigenvalue weighted by molar-refractivity contribution is 5.95. The van der Waals surface area contributed by atoms with Gasteiger partial charge in [0.2, 0.25) is 0 Å². The van der Waals surface area contributed by atoms with Gasteiger partial charge >= 0.3 is 0 Å². The summed E-state index contributed by atoms with van der Waals surface area (Å²) in [6.07, 6.45) is 1.71. The molecular weight excluding hydrogens is 291 g/mol. The average molecular weight is 308 g/mol. The Bertz CT molecular complexity index is 766. The molecule has 4 heteroatoms. The molecule has 0 aliphatic carbocycles. The molecule has 1 fully saturated rings. The Morgan fingerprint density at radius 3 is 2.65 bits per heavy atom. The van der Waals surface area contributed by atoms with Crippen LogP contribution in [-0.4, -0.2) is 23.9 Å². The van der Waals surface area contributed by atoms with Crippen molar-refractivity contribution in [2.24, 2.45) is 5.92 Å². The van der Waals surface area contributed by atoms with Crippen molar-refractivity contribution in [3.8, 4) is 17.2 Å². The van der Waals surface area contributed by atoms with E-state index in [2.05, 4.69) is 6.07 Å². The molecule has 0 unspecified atom stereocenters. The summed E-state index contributed by atoms with van der Waals surface area (Å²) in [6, 6.07) is 15.8. The lowest BCUT2D eigenvalue weighted by atomic mass is 9.98. The van der Waals surface area contributed by atoms with Gasteiger partial charge in [-0.15, -0.1) is 0 Å². The lowest BCUT2D eigenvalue weighted by Crippen LogP contribution is -2.39. The predicted octanol–water partition coefficient (Wildman–Crippen LogP) is 3.87. The monoisotopic (exact) mass is 308 g/mol. The number of amides is 1. The quantitative estimate of drug-likeness (QED) is 0.845. The minimum Gasteiger partial charge on any atom is -0.337 e. The van der Waals surface area contributed by atoms with E-state index in [-0.39, 0.29) is 17.6 Å². The van der Waals surface area contributed by atoms with Crippen LogP contribution in [0, 0.1) is 23.1 Å². The van der Waals surface area contributed by atoms with Gasteiger partial charge in [-0.25, -0.2) is 4.39 Å². The van der Waals surface area contributed by atoms with E-state index in [9.17, 15) is 9.18 Å². The molecule has 3 rings (SSSR count). The Hall–Kier alpha value is -2.67. The van der Waals surface area contributed by atoms with E-state index in [4.69, 9.17) is 5.26 Å². The summed E-state index contributed by atoms with van der Waals surface area (Å²) < 4.78 is 13.4. The zero-order chi connectivity index (χ0) is 16.2. The Morgan fingerprint density at radius 1 is 1.17 bits per heavy atom. The molecule has 0 aromatic heterocycles. The van der Waals surface area contributed by atoms with E-state index in [1.165, 1.54) is 12.1 Å². The SMILES string of the molecule is N#C[C@@H]1CCCN(C(=O)c2cccc(-c3cccc(F)c3)c2)C1. The van der Waals surface area contributed by atoms with E-state index < -0.39 is 0 Å². The zero-order valence-electron chi connectivity index (χ0n) is 12.7. The summed E-state index contributed by atoms with van der Waals surface area (Å²) in [5.41, 5.74) is 2.13. The van der Waals surface area contributed by atoms with Crippen molar-refractivity contribution >= 4 is 5.91 Å². The highest BCUT2D eigenvalue weighted by atomic mass is 19.1. The fourth-order valence-corrected chi connectivity index (χ4v) is 2.95. The number of nitriles is 1. The van der Waals surface area contributed by atoms with Crippen LogP contribution in [-0.2, 0) is 0 Å². The fourth-order valence-electron chi connectivity index (χ4n) is 2.95. The summed E-state index contributed by atoms with van der Waals surface area (Å²) in [7, 11) is 0. The second kappa shape index (κ2) is 6.62. The second-order valence-electron chi connectivity index (χ2n) is 5.81. The highest BCUT2D eigenvalue weighted by Crippen LogP contribution is 2.23. The second-order valence-corrected chi connectivity index (χ2v) is 5.81. The molecule has 3 nitrogen and oxygen atoms in total. The number of rotatable bonds is 2. The molecule has 0 spiro atoms. The number of benzene rings is 2. The molecule has 1 aliphatic rings. The fraction of sp³-hybridized carbons (Fsp3) is 0.263. The van der Waals surface area contributed by atoms with Crippen LogP contribution in [0.25, 0.3) is 11.1 Å². The molecule has 1 heterocycles. The summed E-state index contributed by atoms with van der Waals surface area (Å²) in [5, 5.41) is 9.06. The summed E-state index contributed by atoms with van der Waals surface area (Å²) >= 11 is 0. The van der Waals surface area contributed by atoms with Gasteiger partial charge in [-0.05, 0) is 48.2 Å². The van der Waals surface area contributed by atoms with Crippen molar-refractivity contribution < 1.29 is 9.18 Å². The maximum absolute atomic E-state index is 13.4. The molecule has 0 saturated carbocycles. The van der Waals surface area contributed by atoms with Gasteiger partial charge in [0, 0.05) is 18.7 Å². The van der Waals surface area contributed by atoms with Crippen LogP contribution in [0.1, 0.15) is 23.2 Å². The molecular formula is C19H17FN2O. The van der Waals surface area contributed by atoms with Gasteiger partial charge < -0.3 is 4.90 Å². The molecule has 1 atom stereocenters. The van der Waals surface area contributed by atoms with Gasteiger partial charge in [-0.3, -0.25) is 4.79 Å². The van der Waals surface area contributed by atoms with Crippen LogP contribution < -0.4 is 0 Å². The number of hydrogen-bond donors (Lipinski definition) is 0. The number of piperidine rings is 1. The van der Waals surface area contributed by atoms with Crippen LogP contribution in [0.5, 0.6) is 0 Å². The molecule has 23 heavy (non-hydrogen) atoms. The van der Waals surface area contributed by atoms with Gasteiger partial charge in [0.25, 0.3) is 5.91 Å². The maximum Gasteiger partial charge on any atom is 0.253 e. The van der Waals surface area contributed by atoms with E-state index in [1.54, 1.807) is 29.2 Å². The number of halogens is 1. The van der Waals surface area contributed by atoms with E-state index in [1.807, 2.05) is 12.1 Å². The van der Waals surface area contributed by atoms with Gasteiger partial charge in [0.15, 0.2) is 0 Å². The van der Waals surface area contributed by atoms with Crippen molar-refractivity contribution in [2.45, 2.75) is 12.8 Å². The average Bonchev–Trinajstić information content (AvgIpc) is 2.61. The van der Waals surface area contributed by atoms with E-state index in [0.29, 0.717) is 18.7 Å². The number of likely N-dealkylation sites (tertiary alicyclic amines) is 1. The molecule has 116 valence electrons. The minimum atomic E-state index is -0.299. The Balaban J connectivity index is 1.85. The smallest absolute Gasteiger partial charge is 0.253 e. The number of carbonyl (C=O) groups excluding carboxylic acids is 1. The van der Waals surface area contributed by atoms with Crippen LogP contribution in [0.4, 0.5) is 4.39 Å². The first-order valence-electron chi connectivity index (χ1n) is 7.72. The van der Waals surface area contributed by atoms with Crippen LogP contribution in [0.15, 0.2) is 48.5 Å². The lowest BCUT2D eigenvalue weighted by Gasteiger charge is -2.29. The summed E-state index contributed by atoms with van der Waals surface area (Å²) in [4.78, 5) is 14.4. The van der Waals surface area contributed by atoms with Crippen molar-refractivity contribution in [3.05, 3.63) is 59.9 Å². The third-order valence-corrected chi connectivity index (χ3v) is 4.16. The molecule has 0 N–H and O–H groups in total. The largest absolute Gasteiger partial charge is 0.337 e. The number of carbonyl (C=O) groups is 1. The third-order valence-electron chi connectivity index (χ3n) is 4.16. The molecule has 1 aliphatic heterocycles. The Labute approximate surface area is 135 Å². The number of hydrogen-bond acceptors (Lipinski definition) is 2. The molecule has 2 aromatic carbocycles. The van der Waals surface area contributed by atoms with Gasteiger partial charge in [-0.1, -0.05) is 24.3 Å². The normalized spacial score (nSPS) is 17.6. The van der Waals surface area contributed by atoms with Gasteiger partial charge in [0.05, 0.1) is 12.0 Å². The predicted molar refractivity (Wildman–Crippen MR) is 86.1 cm³/mol. The standard InChI is InChI=1S/C19H17FN2O/c20-18-8-2-6-16(11-18)15-5-1-7-17(10-15)19(23)22-9-3-4-14(12-21)13-22/h1-2,5-8,10-11,14H,3-4,9,13H2/t14-/m0/s1. The first-order valence-corrected chi connectivity index (χ1v) is 7.72. The summed E-state index contributed by atoms with van der Waals surface area (Å²) in [5.74, 6) is -0.450. The first-order chi connectivity index (χ1) is 11.2. The summed E-state index contributed by atoms with van der Waals surface area (Å²) in [6.45, 7) is 1.17.